The maximum absolute atomic E-state index is 13.6. The molecule has 2 aromatic carbocycles. The number of para-hydroxylation sites is 1. The van der Waals surface area contributed by atoms with Crippen LogP contribution < -0.4 is 4.72 Å². The monoisotopic (exact) mass is 464 g/mol. The Bertz CT molecular complexity index is 1180. The zero-order valence-electron chi connectivity index (χ0n) is 17.2. The summed E-state index contributed by atoms with van der Waals surface area (Å²) in [6, 6.07) is 13.6. The Hall–Kier alpha value is -1.51. The summed E-state index contributed by atoms with van der Waals surface area (Å²) in [5.74, 6) is 0. The second-order valence-electron chi connectivity index (χ2n) is 8.54. The minimum Gasteiger partial charge on any atom is -0.598 e. The van der Waals surface area contributed by atoms with Crippen LogP contribution in [0.5, 0.6) is 0 Å². The lowest BCUT2D eigenvalue weighted by atomic mass is 9.91. The van der Waals surface area contributed by atoms with Gasteiger partial charge in [-0.2, -0.15) is 0 Å². The van der Waals surface area contributed by atoms with E-state index in [1.54, 1.807) is 12.1 Å². The summed E-state index contributed by atoms with van der Waals surface area (Å²) in [6.45, 7) is 5.77. The van der Waals surface area contributed by atoms with Crippen LogP contribution in [-0.4, -0.2) is 21.7 Å². The molecule has 0 saturated heterocycles. The number of nitrogens with one attached hydrogen (secondary N) is 1. The smallest absolute Gasteiger partial charge is 0.268 e. The van der Waals surface area contributed by atoms with Crippen LogP contribution in [0.2, 0.25) is 5.02 Å². The molecule has 1 aliphatic rings. The molecular formula is C22H25ClN2O3S2. The third-order valence-corrected chi connectivity index (χ3v) is 9.01. The van der Waals surface area contributed by atoms with Gasteiger partial charge in [-0.05, 0) is 70.4 Å². The predicted molar refractivity (Wildman–Crippen MR) is 123 cm³/mol. The minimum atomic E-state index is -3.81. The highest BCUT2D eigenvalue weighted by molar-refractivity contribution is 7.91. The van der Waals surface area contributed by atoms with E-state index in [4.69, 9.17) is 11.6 Å². The normalized spacial score (nSPS) is 18.4. The van der Waals surface area contributed by atoms with Crippen molar-refractivity contribution < 1.29 is 13.0 Å². The summed E-state index contributed by atoms with van der Waals surface area (Å²) in [5, 5.41) is 1.37. The van der Waals surface area contributed by atoms with E-state index in [-0.39, 0.29) is 10.9 Å². The van der Waals surface area contributed by atoms with Crippen molar-refractivity contribution in [2.75, 3.05) is 0 Å². The van der Waals surface area contributed by atoms with Gasteiger partial charge in [-0.3, -0.25) is 0 Å². The summed E-state index contributed by atoms with van der Waals surface area (Å²) < 4.78 is 44.4. The Balaban J connectivity index is 1.91. The second-order valence-corrected chi connectivity index (χ2v) is 12.8. The fourth-order valence-electron chi connectivity index (χ4n) is 3.94. The first-order valence-electron chi connectivity index (χ1n) is 9.92. The molecule has 0 bridgehead atoms. The molecule has 3 aromatic rings. The molecule has 0 aliphatic heterocycles. The van der Waals surface area contributed by atoms with Crippen LogP contribution in [0.4, 0.5) is 0 Å². The van der Waals surface area contributed by atoms with E-state index in [2.05, 4.69) is 4.72 Å². The Labute approximate surface area is 185 Å². The van der Waals surface area contributed by atoms with Gasteiger partial charge in [0.1, 0.15) is 4.75 Å². The van der Waals surface area contributed by atoms with Crippen molar-refractivity contribution in [2.45, 2.75) is 55.7 Å². The Morgan fingerprint density at radius 3 is 2.47 bits per heavy atom. The molecule has 0 spiro atoms. The lowest BCUT2D eigenvalue weighted by molar-refractivity contribution is 0.488. The minimum absolute atomic E-state index is 0.166. The fourth-order valence-corrected chi connectivity index (χ4v) is 6.50. The first-order valence-corrected chi connectivity index (χ1v) is 12.9. The van der Waals surface area contributed by atoms with E-state index >= 15 is 0 Å². The molecule has 8 heteroatoms. The maximum atomic E-state index is 13.6. The van der Waals surface area contributed by atoms with Crippen molar-refractivity contribution in [3.63, 3.8) is 0 Å². The largest absolute Gasteiger partial charge is 0.598 e. The van der Waals surface area contributed by atoms with Gasteiger partial charge in [0.25, 0.3) is 10.0 Å². The van der Waals surface area contributed by atoms with Crippen molar-refractivity contribution in [3.05, 3.63) is 64.8 Å². The number of rotatable bonds is 4. The van der Waals surface area contributed by atoms with Gasteiger partial charge in [-0.25, -0.2) is 12.4 Å². The van der Waals surface area contributed by atoms with Crippen molar-refractivity contribution in [2.24, 2.45) is 0 Å². The molecule has 0 fully saturated rings. The van der Waals surface area contributed by atoms with Crippen molar-refractivity contribution in [1.29, 1.82) is 0 Å². The molecule has 2 atom stereocenters. The number of halogens is 1. The number of hydrogen-bond donors (Lipinski definition) is 1. The van der Waals surface area contributed by atoms with Crippen LogP contribution in [0.25, 0.3) is 10.9 Å². The number of benzene rings is 2. The molecule has 1 aromatic heterocycles. The lowest BCUT2D eigenvalue weighted by Gasteiger charge is -2.30. The number of aromatic nitrogens is 1. The highest BCUT2D eigenvalue weighted by Gasteiger charge is 2.36. The quantitative estimate of drug-likeness (QED) is 0.553. The molecule has 4 rings (SSSR count). The second kappa shape index (κ2) is 7.88. The van der Waals surface area contributed by atoms with E-state index in [1.165, 1.54) is 16.1 Å². The Kier molecular flexibility index (Phi) is 5.70. The topological polar surface area (TPSA) is 74.2 Å². The van der Waals surface area contributed by atoms with Gasteiger partial charge in [0.05, 0.1) is 16.5 Å². The molecule has 30 heavy (non-hydrogen) atoms. The zero-order valence-corrected chi connectivity index (χ0v) is 19.6. The molecule has 0 saturated carbocycles. The van der Waals surface area contributed by atoms with Crippen LogP contribution in [0.3, 0.4) is 0 Å². The SMILES string of the molecule is CC(C)(C)[S@@+]([O-])N[C@@H]1CCCc2c1c1ccccc1n2S(=O)(=O)c1ccc(Cl)cc1. The predicted octanol–water partition coefficient (Wildman–Crippen LogP) is 4.96. The zero-order chi connectivity index (χ0) is 21.7. The lowest BCUT2D eigenvalue weighted by Crippen LogP contribution is -2.42. The van der Waals surface area contributed by atoms with Crippen molar-refractivity contribution >= 4 is 43.9 Å². The summed E-state index contributed by atoms with van der Waals surface area (Å²) >= 11 is 4.70. The number of nitrogens with zero attached hydrogens (tertiary/aromatic N) is 1. The molecule has 1 N–H and O–H groups in total. The average Bonchev–Trinajstić information content (AvgIpc) is 3.03. The first kappa shape index (κ1) is 21.7. The van der Waals surface area contributed by atoms with E-state index in [0.717, 1.165) is 29.5 Å². The van der Waals surface area contributed by atoms with Gasteiger partial charge < -0.3 is 4.55 Å². The summed E-state index contributed by atoms with van der Waals surface area (Å²) in [5.41, 5.74) is 2.35. The van der Waals surface area contributed by atoms with Gasteiger partial charge in [0.15, 0.2) is 0 Å². The average molecular weight is 465 g/mol. The maximum Gasteiger partial charge on any atom is 0.268 e. The van der Waals surface area contributed by atoms with Crippen LogP contribution in [-0.2, 0) is 27.8 Å². The van der Waals surface area contributed by atoms with E-state index in [0.29, 0.717) is 17.0 Å². The standard InChI is InChI=1S/C22H25ClN2O3S2/c1-22(2,3)29(26)24-18-8-6-10-20-21(18)17-7-4-5-9-19(17)25(20)30(27,28)16-13-11-15(23)12-14-16/h4-5,7,9,11-14,18,24H,6,8,10H2,1-3H3/t18-,29-/m1/s1. The van der Waals surface area contributed by atoms with Crippen LogP contribution in [0.1, 0.15) is 50.9 Å². The Morgan fingerprint density at radius 2 is 1.80 bits per heavy atom. The molecule has 5 nitrogen and oxygen atoms in total. The highest BCUT2D eigenvalue weighted by atomic mass is 35.5. The third kappa shape index (κ3) is 3.78. The number of hydrogen-bond acceptors (Lipinski definition) is 4. The highest BCUT2D eigenvalue weighted by Crippen LogP contribution is 2.40. The first-order chi connectivity index (χ1) is 14.1. The molecule has 0 radical (unpaired) electrons. The van der Waals surface area contributed by atoms with Crippen molar-refractivity contribution in [1.82, 2.24) is 8.69 Å². The Morgan fingerprint density at radius 1 is 1.13 bits per heavy atom. The molecule has 1 heterocycles. The van der Waals surface area contributed by atoms with Crippen LogP contribution in [0, 0.1) is 0 Å². The molecule has 0 unspecified atom stereocenters. The van der Waals surface area contributed by atoms with Crippen LogP contribution >= 0.6 is 11.6 Å². The van der Waals surface area contributed by atoms with Gasteiger partial charge in [-0.1, -0.05) is 29.8 Å². The van der Waals surface area contributed by atoms with Crippen LogP contribution in [0.15, 0.2) is 53.4 Å². The van der Waals surface area contributed by atoms with Gasteiger partial charge in [0.2, 0.25) is 0 Å². The molecule has 1 aliphatic carbocycles. The summed E-state index contributed by atoms with van der Waals surface area (Å²) in [6.07, 6.45) is 2.28. The van der Waals surface area contributed by atoms with Gasteiger partial charge in [-0.15, -0.1) is 4.72 Å². The molecular weight excluding hydrogens is 440 g/mol. The molecule has 0 amide bonds. The molecule has 160 valence electrons. The summed E-state index contributed by atoms with van der Waals surface area (Å²) in [7, 11) is -3.81. The van der Waals surface area contributed by atoms with Gasteiger partial charge >= 0.3 is 0 Å². The van der Waals surface area contributed by atoms with Gasteiger partial charge in [0, 0.05) is 33.0 Å². The summed E-state index contributed by atoms with van der Waals surface area (Å²) in [4.78, 5) is 0.198. The van der Waals surface area contributed by atoms with E-state index in [9.17, 15) is 13.0 Å². The number of fused-ring (bicyclic) bond motifs is 3. The fraction of sp³-hybridized carbons (Fsp3) is 0.364. The van der Waals surface area contributed by atoms with Crippen molar-refractivity contribution in [3.8, 4) is 0 Å². The van der Waals surface area contributed by atoms with E-state index in [1.807, 2.05) is 45.0 Å². The van der Waals surface area contributed by atoms with E-state index < -0.39 is 26.1 Å². The third-order valence-electron chi connectivity index (χ3n) is 5.38.